The van der Waals surface area contributed by atoms with Crippen molar-refractivity contribution < 1.29 is 9.47 Å². The minimum atomic E-state index is -0.413. The summed E-state index contributed by atoms with van der Waals surface area (Å²) in [6.07, 6.45) is 7.02. The van der Waals surface area contributed by atoms with Crippen LogP contribution in [0, 0.1) is 0 Å². The Morgan fingerprint density at radius 2 is 1.94 bits per heavy atom. The Labute approximate surface area is 180 Å². The molecule has 0 spiro atoms. The van der Waals surface area contributed by atoms with Gasteiger partial charge in [-0.15, -0.1) is 0 Å². The van der Waals surface area contributed by atoms with Crippen LogP contribution >= 0.6 is 0 Å². The topological polar surface area (TPSA) is 78.3 Å². The molecule has 0 saturated heterocycles. The summed E-state index contributed by atoms with van der Waals surface area (Å²) in [7, 11) is 1.47. The first-order valence-corrected chi connectivity index (χ1v) is 10.1. The molecular weight excluding hydrogens is 392 g/mol. The third-order valence-corrected chi connectivity index (χ3v) is 5.04. The standard InChI is InChI=1S/C24H24N4O3/c1-17-19(11-8-12-20(17)31-22-13-6-7-14-25-22)26-24-27-23(29)21(30-2)16-28(24)15-18-9-4-3-5-10-18/h3-7,9-10,12-14,16H,8,11,15H2,1-2H3,(H,26,27,29). The van der Waals surface area contributed by atoms with E-state index in [-0.39, 0.29) is 5.75 Å². The lowest BCUT2D eigenvalue weighted by molar-refractivity contribution is 0.402. The van der Waals surface area contributed by atoms with Gasteiger partial charge in [0.05, 0.1) is 19.9 Å². The van der Waals surface area contributed by atoms with Gasteiger partial charge in [-0.05, 0) is 37.5 Å². The van der Waals surface area contributed by atoms with Crippen molar-refractivity contribution in [2.45, 2.75) is 26.3 Å². The first-order valence-electron chi connectivity index (χ1n) is 10.1. The van der Waals surface area contributed by atoms with Crippen molar-refractivity contribution in [1.29, 1.82) is 0 Å². The summed E-state index contributed by atoms with van der Waals surface area (Å²) in [6, 6.07) is 15.5. The summed E-state index contributed by atoms with van der Waals surface area (Å²) in [5, 5.41) is 3.36. The van der Waals surface area contributed by atoms with Crippen LogP contribution in [-0.4, -0.2) is 21.6 Å². The molecule has 1 N–H and O–H groups in total. The molecule has 1 aliphatic carbocycles. The van der Waals surface area contributed by atoms with Gasteiger partial charge in [0.15, 0.2) is 0 Å². The van der Waals surface area contributed by atoms with Gasteiger partial charge in [-0.25, -0.2) is 4.98 Å². The van der Waals surface area contributed by atoms with Gasteiger partial charge in [0, 0.05) is 23.5 Å². The SMILES string of the molecule is COc1cn(Cc2ccccc2)c(NC2=C(C)C(Oc3ccccn3)=CCC2)nc1=O. The minimum absolute atomic E-state index is 0.204. The molecule has 7 nitrogen and oxygen atoms in total. The lowest BCUT2D eigenvalue weighted by Crippen LogP contribution is -2.21. The van der Waals surface area contributed by atoms with Crippen LogP contribution in [0.2, 0.25) is 0 Å². The molecule has 0 unspecified atom stereocenters. The molecule has 1 aromatic carbocycles. The summed E-state index contributed by atoms with van der Waals surface area (Å²) in [5.74, 6) is 1.95. The summed E-state index contributed by atoms with van der Waals surface area (Å²) in [6.45, 7) is 2.53. The monoisotopic (exact) mass is 416 g/mol. The highest BCUT2D eigenvalue weighted by Crippen LogP contribution is 2.27. The smallest absolute Gasteiger partial charge is 0.316 e. The van der Waals surface area contributed by atoms with E-state index in [0.717, 1.165) is 35.4 Å². The van der Waals surface area contributed by atoms with Gasteiger partial charge in [0.25, 0.3) is 0 Å². The van der Waals surface area contributed by atoms with Crippen LogP contribution in [0.5, 0.6) is 11.6 Å². The Morgan fingerprint density at radius 1 is 1.13 bits per heavy atom. The second-order valence-electron chi connectivity index (χ2n) is 7.16. The third kappa shape index (κ3) is 4.83. The quantitative estimate of drug-likeness (QED) is 0.624. The minimum Gasteiger partial charge on any atom is -0.490 e. The number of rotatable bonds is 7. The molecular formula is C24H24N4O3. The number of allylic oxidation sites excluding steroid dienone is 3. The van der Waals surface area contributed by atoms with E-state index in [1.807, 2.05) is 66.1 Å². The van der Waals surface area contributed by atoms with E-state index >= 15 is 0 Å². The molecule has 0 aliphatic heterocycles. The molecule has 2 aromatic heterocycles. The second kappa shape index (κ2) is 9.30. The highest BCUT2D eigenvalue weighted by atomic mass is 16.5. The van der Waals surface area contributed by atoms with Crippen molar-refractivity contribution in [3.8, 4) is 11.6 Å². The summed E-state index contributed by atoms with van der Waals surface area (Å²) in [5.41, 5.74) is 2.58. The molecule has 7 heteroatoms. The van der Waals surface area contributed by atoms with Crippen LogP contribution in [0.3, 0.4) is 0 Å². The van der Waals surface area contributed by atoms with Gasteiger partial charge in [-0.2, -0.15) is 4.98 Å². The summed E-state index contributed by atoms with van der Waals surface area (Å²) >= 11 is 0. The number of ether oxygens (including phenoxy) is 2. The fourth-order valence-corrected chi connectivity index (χ4v) is 3.38. The molecule has 31 heavy (non-hydrogen) atoms. The van der Waals surface area contributed by atoms with Gasteiger partial charge < -0.3 is 19.4 Å². The average molecular weight is 416 g/mol. The maximum atomic E-state index is 12.4. The van der Waals surface area contributed by atoms with Crippen LogP contribution in [0.1, 0.15) is 25.3 Å². The van der Waals surface area contributed by atoms with Gasteiger partial charge in [0.2, 0.25) is 17.6 Å². The summed E-state index contributed by atoms with van der Waals surface area (Å²) in [4.78, 5) is 20.8. The largest absolute Gasteiger partial charge is 0.490 e. The van der Waals surface area contributed by atoms with E-state index in [1.165, 1.54) is 7.11 Å². The average Bonchev–Trinajstić information content (AvgIpc) is 2.79. The van der Waals surface area contributed by atoms with Crippen LogP contribution in [-0.2, 0) is 6.54 Å². The zero-order valence-electron chi connectivity index (χ0n) is 17.5. The Hall–Kier alpha value is -3.87. The van der Waals surface area contributed by atoms with Crippen molar-refractivity contribution in [2.24, 2.45) is 0 Å². The second-order valence-corrected chi connectivity index (χ2v) is 7.16. The lowest BCUT2D eigenvalue weighted by atomic mass is 10.0. The molecule has 0 saturated carbocycles. The fraction of sp³-hybridized carbons (Fsp3) is 0.208. The lowest BCUT2D eigenvalue weighted by Gasteiger charge is -2.22. The molecule has 158 valence electrons. The van der Waals surface area contributed by atoms with Crippen molar-refractivity contribution >= 4 is 5.95 Å². The van der Waals surface area contributed by atoms with Gasteiger partial charge in [-0.3, -0.25) is 4.79 Å². The molecule has 1 aliphatic rings. The van der Waals surface area contributed by atoms with Crippen molar-refractivity contribution in [3.05, 3.63) is 99.9 Å². The highest BCUT2D eigenvalue weighted by Gasteiger charge is 2.18. The zero-order valence-corrected chi connectivity index (χ0v) is 17.5. The van der Waals surface area contributed by atoms with E-state index in [1.54, 1.807) is 12.4 Å². The maximum Gasteiger partial charge on any atom is 0.316 e. The normalized spacial score (nSPS) is 13.5. The number of hydrogen-bond donors (Lipinski definition) is 1. The van der Waals surface area contributed by atoms with E-state index in [2.05, 4.69) is 15.3 Å². The number of pyridine rings is 1. The van der Waals surface area contributed by atoms with E-state index in [4.69, 9.17) is 9.47 Å². The number of anilines is 1. The van der Waals surface area contributed by atoms with E-state index in [9.17, 15) is 4.79 Å². The Morgan fingerprint density at radius 3 is 2.68 bits per heavy atom. The zero-order chi connectivity index (χ0) is 21.6. The summed E-state index contributed by atoms with van der Waals surface area (Å²) < 4.78 is 13.0. The number of methoxy groups -OCH3 is 1. The molecule has 0 atom stereocenters. The molecule has 3 aromatic rings. The third-order valence-electron chi connectivity index (χ3n) is 5.04. The van der Waals surface area contributed by atoms with Crippen LogP contribution in [0.15, 0.2) is 88.8 Å². The molecule has 0 radical (unpaired) electrons. The molecule has 0 bridgehead atoms. The van der Waals surface area contributed by atoms with Gasteiger partial charge in [-0.1, -0.05) is 36.4 Å². The van der Waals surface area contributed by atoms with Crippen LogP contribution < -0.4 is 20.3 Å². The predicted molar refractivity (Wildman–Crippen MR) is 119 cm³/mol. The molecule has 0 fully saturated rings. The fourth-order valence-electron chi connectivity index (χ4n) is 3.38. The number of benzene rings is 1. The maximum absolute atomic E-state index is 12.4. The highest BCUT2D eigenvalue weighted by molar-refractivity contribution is 5.45. The van der Waals surface area contributed by atoms with Crippen LogP contribution in [0.4, 0.5) is 5.95 Å². The van der Waals surface area contributed by atoms with Gasteiger partial charge >= 0.3 is 5.56 Å². The molecule has 4 rings (SSSR count). The number of hydrogen-bond acceptors (Lipinski definition) is 6. The van der Waals surface area contributed by atoms with E-state index in [0.29, 0.717) is 18.4 Å². The van der Waals surface area contributed by atoms with Crippen molar-refractivity contribution in [2.75, 3.05) is 12.4 Å². The number of aromatic nitrogens is 3. The van der Waals surface area contributed by atoms with Crippen LogP contribution in [0.25, 0.3) is 0 Å². The van der Waals surface area contributed by atoms with Gasteiger partial charge in [0.1, 0.15) is 5.76 Å². The number of nitrogens with zero attached hydrogens (tertiary/aromatic N) is 3. The van der Waals surface area contributed by atoms with Crippen molar-refractivity contribution in [3.63, 3.8) is 0 Å². The first-order chi connectivity index (χ1) is 15.1. The Bertz CT molecular complexity index is 1170. The van der Waals surface area contributed by atoms with Crippen molar-refractivity contribution in [1.82, 2.24) is 14.5 Å². The van der Waals surface area contributed by atoms with E-state index < -0.39 is 5.56 Å². The Kier molecular flexibility index (Phi) is 6.12. The predicted octanol–water partition coefficient (Wildman–Crippen LogP) is 4.14. The molecule has 2 heterocycles. The first kappa shape index (κ1) is 20.4. The molecule has 0 amide bonds. The number of nitrogens with one attached hydrogen (secondary N) is 1. The Balaban J connectivity index is 1.64.